The summed E-state index contributed by atoms with van der Waals surface area (Å²) < 4.78 is 88.8. The fraction of sp³-hybridized carbons (Fsp3) is 0.268. The molecule has 0 unspecified atom stereocenters. The Bertz CT molecular complexity index is 3450. The molecule has 77 heavy (non-hydrogen) atoms. The number of aliphatic carboxylic acids is 1. The number of fused-ring (bicyclic) bond motifs is 3. The van der Waals surface area contributed by atoms with Crippen molar-refractivity contribution in [1.82, 2.24) is 14.1 Å². The quantitative estimate of drug-likeness (QED) is 0.0439. The predicted molar refractivity (Wildman–Crippen MR) is 293 cm³/mol. The molecular weight excluding hydrogens is 1080 g/mol. The van der Waals surface area contributed by atoms with Gasteiger partial charge in [-0.1, -0.05) is 76.6 Å². The first kappa shape index (κ1) is 63.7. The number of methoxy groups -OCH3 is 4. The van der Waals surface area contributed by atoms with Crippen molar-refractivity contribution in [1.29, 1.82) is 0 Å². The maximum atomic E-state index is 13.9. The molecule has 21 heteroatoms. The molecule has 5 aromatic carbocycles. The monoisotopic (exact) mass is 1140 g/mol. The second-order valence-electron chi connectivity index (χ2n) is 16.8. The van der Waals surface area contributed by atoms with Gasteiger partial charge in [0.15, 0.2) is 18.4 Å². The Morgan fingerprint density at radius 3 is 1.52 bits per heavy atom. The van der Waals surface area contributed by atoms with E-state index in [0.29, 0.717) is 49.6 Å². The fourth-order valence-electron chi connectivity index (χ4n) is 6.85. The van der Waals surface area contributed by atoms with Gasteiger partial charge in [0.05, 0.1) is 40.8 Å². The number of nitrogens with zero attached hydrogens (tertiary/aromatic N) is 2. The van der Waals surface area contributed by atoms with Crippen LogP contribution in [0.5, 0.6) is 0 Å². The number of nitrogen functional groups attached to an aromatic ring is 1. The highest BCUT2D eigenvalue weighted by molar-refractivity contribution is 9.08. The predicted octanol–water partition coefficient (Wildman–Crippen LogP) is 10.4. The van der Waals surface area contributed by atoms with E-state index in [4.69, 9.17) is 20.3 Å². The van der Waals surface area contributed by atoms with Crippen molar-refractivity contribution in [2.45, 2.75) is 58.4 Å². The van der Waals surface area contributed by atoms with Gasteiger partial charge in [-0.3, -0.25) is 24.0 Å². The lowest BCUT2D eigenvalue weighted by Gasteiger charge is -2.13. The number of carbonyl (C=O) groups excluding carboxylic acids is 1. The Morgan fingerprint density at radius 1 is 0.584 bits per heavy atom. The van der Waals surface area contributed by atoms with Crippen LogP contribution in [0.4, 0.5) is 33.3 Å². The Morgan fingerprint density at radius 2 is 1.03 bits per heavy atom. The molecule has 3 heterocycles. The summed E-state index contributed by atoms with van der Waals surface area (Å²) in [5.41, 5.74) is 8.70. The second-order valence-corrected chi connectivity index (χ2v) is 17.3. The zero-order valence-corrected chi connectivity index (χ0v) is 45.6. The van der Waals surface area contributed by atoms with Crippen LogP contribution in [0.15, 0.2) is 124 Å². The summed E-state index contributed by atoms with van der Waals surface area (Å²) in [6, 6.07) is 29.5. The summed E-state index contributed by atoms with van der Waals surface area (Å²) in [5.74, 6) is -3.01. The molecule has 412 valence electrons. The average molecular weight is 1140 g/mol. The second kappa shape index (κ2) is 30.9. The van der Waals surface area contributed by atoms with Crippen molar-refractivity contribution in [3.8, 4) is 0 Å². The minimum atomic E-state index is -0.927. The number of nitrogens with one attached hydrogen (secondary N) is 2. The number of anilines is 2. The molecule has 8 rings (SSSR count). The van der Waals surface area contributed by atoms with Crippen LogP contribution in [0.2, 0.25) is 0 Å². The van der Waals surface area contributed by atoms with Crippen molar-refractivity contribution in [2.24, 2.45) is 14.1 Å². The largest absolute Gasteiger partial charge is 0.481 e. The van der Waals surface area contributed by atoms with Crippen molar-refractivity contribution >= 4 is 71.9 Å². The summed E-state index contributed by atoms with van der Waals surface area (Å²) in [6.45, 7) is 6.68. The highest BCUT2D eigenvalue weighted by Gasteiger charge is 2.15. The van der Waals surface area contributed by atoms with E-state index in [2.05, 4.69) is 35.7 Å². The normalized spacial score (nSPS) is 10.5. The summed E-state index contributed by atoms with van der Waals surface area (Å²) in [7, 11) is 8.83. The standard InChI is InChI=1S/C12H16FNO3.C11H9BrFNO.C11H10FNO.C10H8FNO.C7H8FN.C5H10O4/c1-8-5-4-6-9(12(8)13)14-10(15)7-11(16-2)17-3;1-14-9(15)5-4-7-2-3-8(6-12)10(13)11(7)14;1-7-3-4-8-5-6-9(14)13(2)11(8)10(7)12;1-6-2-3-7-4-5-8(13)12-10(7)9(6)11;1-5-3-2-4-6(9)7(5)8;1-8-5(9-2)3-4(6)7/h4-6,11H,7H2,1-3H3,(H,14,15);2-5H,6H2,1H3;3-6H,1-2H3;2-5H,1H3,(H,12,13);2-4H,9H2,1H3;5H,3H2,1-2H3,(H,6,7). The number of amides is 1. The number of nitrogens with two attached hydrogens (primary N) is 1. The van der Waals surface area contributed by atoms with Gasteiger partial charge in [0.1, 0.15) is 23.3 Å². The van der Waals surface area contributed by atoms with Crippen LogP contribution in [0.3, 0.4) is 0 Å². The number of hydrogen-bond donors (Lipinski definition) is 4. The van der Waals surface area contributed by atoms with Crippen LogP contribution in [-0.4, -0.2) is 72.1 Å². The Balaban J connectivity index is 0.000000247. The number of aromatic nitrogens is 3. The first-order valence-electron chi connectivity index (χ1n) is 23.2. The molecule has 0 bridgehead atoms. The number of aryl methyl sites for hydroxylation is 6. The van der Waals surface area contributed by atoms with Crippen LogP contribution >= 0.6 is 15.9 Å². The van der Waals surface area contributed by atoms with Gasteiger partial charge in [0.2, 0.25) is 11.5 Å². The zero-order valence-electron chi connectivity index (χ0n) is 44.0. The molecule has 0 atom stereocenters. The maximum absolute atomic E-state index is 13.9. The van der Waals surface area contributed by atoms with E-state index in [1.165, 1.54) is 61.8 Å². The Labute approximate surface area is 449 Å². The minimum Gasteiger partial charge on any atom is -0.481 e. The number of rotatable bonds is 10. The van der Waals surface area contributed by atoms with Crippen LogP contribution in [0.25, 0.3) is 32.7 Å². The number of ether oxygens (including phenoxy) is 4. The zero-order chi connectivity index (χ0) is 57.7. The third kappa shape index (κ3) is 18.3. The fourth-order valence-corrected chi connectivity index (χ4v) is 7.28. The number of aromatic amines is 1. The molecule has 8 aromatic rings. The number of carboxylic acid groups (broad SMARTS) is 1. The molecular formula is C56H61BrF5N5O10. The molecule has 0 fully saturated rings. The van der Waals surface area contributed by atoms with Crippen molar-refractivity contribution in [3.63, 3.8) is 0 Å². The molecule has 0 aliphatic heterocycles. The van der Waals surface area contributed by atoms with Gasteiger partial charge >= 0.3 is 5.97 Å². The number of carbonyl (C=O) groups is 2. The van der Waals surface area contributed by atoms with E-state index in [0.717, 1.165) is 10.8 Å². The number of H-pyrrole nitrogens is 1. The topological polar surface area (TPSA) is 206 Å². The van der Waals surface area contributed by atoms with Gasteiger partial charge in [0.25, 0.3) is 11.1 Å². The molecule has 5 N–H and O–H groups in total. The van der Waals surface area contributed by atoms with E-state index >= 15 is 0 Å². The SMILES string of the molecule is COC(CC(=O)Nc1cccc(C)c1F)OC.COC(CC(=O)O)OC.Cc1ccc2ccc(=O)[nH]c2c1F.Cc1ccc2ccc(=O)n(C)c2c1F.Cc1cccc(N)c1F.Cn1c(=O)ccc2ccc(CBr)c(F)c21. The number of pyridine rings is 3. The smallest absolute Gasteiger partial charge is 0.308 e. The lowest BCUT2D eigenvalue weighted by atomic mass is 10.1. The third-order valence-corrected chi connectivity index (χ3v) is 11.9. The van der Waals surface area contributed by atoms with E-state index in [1.54, 1.807) is 115 Å². The van der Waals surface area contributed by atoms with Gasteiger partial charge in [-0.2, -0.15) is 0 Å². The molecule has 0 saturated carbocycles. The number of hydrogen-bond acceptors (Lipinski definition) is 10. The third-order valence-electron chi connectivity index (χ3n) is 11.3. The van der Waals surface area contributed by atoms with E-state index in [9.17, 15) is 45.9 Å². The van der Waals surface area contributed by atoms with Gasteiger partial charge in [-0.15, -0.1) is 0 Å². The molecule has 0 aliphatic rings. The van der Waals surface area contributed by atoms with Gasteiger partial charge in [-0.05, 0) is 80.3 Å². The molecule has 0 spiro atoms. The Kier molecular flexibility index (Phi) is 25.5. The first-order valence-corrected chi connectivity index (χ1v) is 24.3. The lowest BCUT2D eigenvalue weighted by Crippen LogP contribution is -2.23. The van der Waals surface area contributed by atoms with Gasteiger partial charge in [-0.25, -0.2) is 22.0 Å². The lowest BCUT2D eigenvalue weighted by molar-refractivity contribution is -0.153. The Hall–Kier alpha value is -7.56. The van der Waals surface area contributed by atoms with Crippen LogP contribution < -0.4 is 27.7 Å². The summed E-state index contributed by atoms with van der Waals surface area (Å²) in [5, 5.41) is 13.3. The van der Waals surface area contributed by atoms with Crippen LogP contribution in [-0.2, 0) is 48.0 Å². The number of halogens is 6. The van der Waals surface area contributed by atoms with Gasteiger partial charge < -0.3 is 49.2 Å². The van der Waals surface area contributed by atoms with Crippen LogP contribution in [0, 0.1) is 56.8 Å². The molecule has 3 aromatic heterocycles. The molecule has 0 radical (unpaired) electrons. The highest BCUT2D eigenvalue weighted by Crippen LogP contribution is 2.22. The first-order chi connectivity index (χ1) is 36.4. The number of alkyl halides is 1. The number of carboxylic acids is 1. The molecule has 0 aliphatic carbocycles. The van der Waals surface area contributed by atoms with Crippen molar-refractivity contribution in [2.75, 3.05) is 39.5 Å². The maximum Gasteiger partial charge on any atom is 0.308 e. The number of benzene rings is 5. The summed E-state index contributed by atoms with van der Waals surface area (Å²) >= 11 is 3.21. The molecule has 0 saturated heterocycles. The summed E-state index contributed by atoms with van der Waals surface area (Å²) in [6.07, 6.45) is -1.35. The van der Waals surface area contributed by atoms with E-state index in [-0.39, 0.29) is 75.6 Å². The average Bonchev–Trinajstić information content (AvgIpc) is 3.41. The molecule has 1 amide bonds. The van der Waals surface area contributed by atoms with Gasteiger partial charge in [0, 0.05) is 87.8 Å². The van der Waals surface area contributed by atoms with E-state index < -0.39 is 24.4 Å². The van der Waals surface area contributed by atoms with E-state index in [1.807, 2.05) is 12.1 Å². The minimum absolute atomic E-state index is 0.0143. The summed E-state index contributed by atoms with van der Waals surface area (Å²) in [4.78, 5) is 57.6. The van der Waals surface area contributed by atoms with Crippen LogP contribution in [0.1, 0.15) is 40.7 Å². The van der Waals surface area contributed by atoms with Crippen molar-refractivity contribution < 1.29 is 55.6 Å². The molecule has 15 nitrogen and oxygen atoms in total. The van der Waals surface area contributed by atoms with Crippen molar-refractivity contribution in [3.05, 3.63) is 197 Å². The highest BCUT2D eigenvalue weighted by atomic mass is 79.9.